The molecule has 0 aromatic heterocycles. The van der Waals surface area contributed by atoms with E-state index in [0.717, 1.165) is 0 Å². The fraction of sp³-hybridized carbons (Fsp3) is 0.792. The average Bonchev–Trinajstić information content (AvgIpc) is 1.57. The van der Waals surface area contributed by atoms with Crippen LogP contribution in [0.5, 0.6) is 0 Å². The van der Waals surface area contributed by atoms with Crippen molar-refractivity contribution in [2.45, 2.75) is 400 Å². The Hall–Kier alpha value is -8.26. The highest BCUT2D eigenvalue weighted by molar-refractivity contribution is 5.90. The van der Waals surface area contributed by atoms with Crippen LogP contribution in [0.25, 0.3) is 0 Å². The fourth-order valence-electron chi connectivity index (χ4n) is 20.5. The average molecular weight is 2110 g/mol. The van der Waals surface area contributed by atoms with Crippen LogP contribution in [-0.2, 0) is 119 Å². The normalized spacial score (nSPS) is 28.5. The summed E-state index contributed by atoms with van der Waals surface area (Å²) < 4.78 is 316. The van der Waals surface area contributed by atoms with Gasteiger partial charge in [-0.1, -0.05) is 73.4 Å². The number of ether oxygens (including phenoxy) is 15. The summed E-state index contributed by atoms with van der Waals surface area (Å²) in [6.07, 6.45) is -37.8. The largest absolute Gasteiger partial charge is 0.458 e. The van der Waals surface area contributed by atoms with E-state index in [1.54, 1.807) is 41.5 Å². The highest BCUT2D eigenvalue weighted by Gasteiger charge is 2.76. The van der Waals surface area contributed by atoms with E-state index >= 15 is 0 Å². The zero-order valence-corrected chi connectivity index (χ0v) is 83.2. The molecule has 18 atom stereocenters. The molecule has 11 aliphatic rings. The maximum absolute atomic E-state index is 13.1. The van der Waals surface area contributed by atoms with Gasteiger partial charge in [0, 0.05) is 77.7 Å². The van der Waals surface area contributed by atoms with Gasteiger partial charge >= 0.3 is 96.8 Å². The molecule has 18 unspecified atom stereocenters. The standard InChI is InChI=1S/C20H24F6O6.C20H26F6O6.C20H32O6.C18H22F6O6.C18H28O6/c1-10(2)15(27)31-14-8-12(11-7-13(14)32-16(11)28)17(5-3-4-6-17)30-9-18(29,19(21,22)23)20(24,25)26;1-5-17(6-2,30-9-18(29,19(21,22)23)20(24,25)26)12-8-14(31-15(27)10(3)4)13-7-11(12)16(28)32-13;1-7-20(8-2,24-12-18(5,6)23)19-10-9-14(25-16(21)13(3)4)15(11-19)26-17(19)22;1-8(2)13(25)29-12-6-10(9-5-11(12)30-14(9)26)15(3,4)28-7-16(27,17(19,20)21)18(22,23)24;1-11(2)14(19)23-12-7-8-18(9-13(12)24-15(18)20)17(5,6)22-10-16(3,4)21/h11-14,29H,1,3-9H2,2H3;11-14,29H,3,5-9H2,1-2,4H3;14-15,23H,3,7-12H2,1-2,4-6H3;9-12,27H,1,5-7H2,2-4H3;12-13,21H,1,7-10H2,2-6H3. The van der Waals surface area contributed by atoms with Crippen LogP contribution in [0, 0.1) is 46.3 Å². The first-order chi connectivity index (χ1) is 65.4. The predicted molar refractivity (Wildman–Crippen MR) is 464 cm³/mol. The molecule has 48 heteroatoms. The minimum Gasteiger partial charge on any atom is -0.458 e. The van der Waals surface area contributed by atoms with Gasteiger partial charge in [-0.3, -0.25) is 24.0 Å². The number of halogens is 18. The van der Waals surface area contributed by atoms with Crippen molar-refractivity contribution in [1.82, 2.24) is 0 Å². The van der Waals surface area contributed by atoms with Gasteiger partial charge in [-0.25, -0.2) is 24.0 Å². The molecule has 5 N–H and O–H groups in total. The van der Waals surface area contributed by atoms with E-state index in [1.807, 2.05) is 27.7 Å². The number of aliphatic hydroxyl groups is 5. The van der Waals surface area contributed by atoms with E-state index in [-0.39, 0.29) is 106 Å². The first-order valence-electron chi connectivity index (χ1n) is 47.0. The van der Waals surface area contributed by atoms with Crippen molar-refractivity contribution in [2.24, 2.45) is 46.3 Å². The lowest BCUT2D eigenvalue weighted by molar-refractivity contribution is -0.385. The predicted octanol–water partition coefficient (Wildman–Crippen LogP) is 15.6. The molecule has 11 fully saturated rings. The lowest BCUT2D eigenvalue weighted by Crippen LogP contribution is -2.62. The Balaban J connectivity index is 0.000000245. The van der Waals surface area contributed by atoms with Crippen molar-refractivity contribution in [1.29, 1.82) is 0 Å². The Morgan fingerprint density at radius 2 is 0.660 bits per heavy atom. The van der Waals surface area contributed by atoms with E-state index in [0.29, 0.717) is 75.4 Å². The maximum atomic E-state index is 13.1. The van der Waals surface area contributed by atoms with Crippen molar-refractivity contribution < 1.29 is 224 Å². The van der Waals surface area contributed by atoms with Crippen molar-refractivity contribution in [2.75, 3.05) is 33.0 Å². The van der Waals surface area contributed by atoms with Crippen molar-refractivity contribution >= 4 is 59.7 Å². The molecule has 5 heterocycles. The number of hydrogen-bond acceptors (Lipinski definition) is 30. The van der Waals surface area contributed by atoms with Gasteiger partial charge in [0.05, 0.1) is 90.0 Å². The number of carbonyl (C=O) groups excluding carboxylic acids is 10. The smallest absolute Gasteiger partial charge is 0.428 e. The highest BCUT2D eigenvalue weighted by Crippen LogP contribution is 2.61. The third-order valence-corrected chi connectivity index (χ3v) is 29.5. The van der Waals surface area contributed by atoms with Gasteiger partial charge in [-0.2, -0.15) is 79.0 Å². The van der Waals surface area contributed by atoms with Gasteiger partial charge in [-0.15, -0.1) is 0 Å². The van der Waals surface area contributed by atoms with Gasteiger partial charge in [0.2, 0.25) is 0 Å². The van der Waals surface area contributed by atoms with Crippen molar-refractivity contribution in [3.8, 4) is 0 Å². The topological polar surface area (TPSA) is 410 Å². The summed E-state index contributed by atoms with van der Waals surface area (Å²) in [7, 11) is 0. The molecule has 11 rings (SSSR count). The number of rotatable bonds is 34. The van der Waals surface area contributed by atoms with Gasteiger partial charge in [-0.05, 0) is 173 Å². The molecular formula is C96H132F18O30. The van der Waals surface area contributed by atoms with Crippen LogP contribution in [0.15, 0.2) is 60.8 Å². The summed E-state index contributed by atoms with van der Waals surface area (Å²) in [5.41, 5.74) is -24.3. The van der Waals surface area contributed by atoms with E-state index in [2.05, 4.69) is 32.9 Å². The second-order valence-corrected chi connectivity index (χ2v) is 41.6. The van der Waals surface area contributed by atoms with Crippen molar-refractivity contribution in [3.05, 3.63) is 60.8 Å². The molecule has 6 aliphatic carbocycles. The summed E-state index contributed by atoms with van der Waals surface area (Å²) >= 11 is 0. The van der Waals surface area contributed by atoms with Gasteiger partial charge < -0.3 is 96.6 Å². The Bertz CT molecular complexity index is 4520. The minimum atomic E-state index is -6.04. The summed E-state index contributed by atoms with van der Waals surface area (Å²) in [6.45, 7) is 38.6. The third kappa shape index (κ3) is 26.2. The third-order valence-electron chi connectivity index (χ3n) is 29.5. The van der Waals surface area contributed by atoms with Crippen LogP contribution in [0.1, 0.15) is 246 Å². The first-order valence-corrected chi connectivity index (χ1v) is 47.0. The van der Waals surface area contributed by atoms with Crippen LogP contribution in [-0.4, -0.2) is 272 Å². The van der Waals surface area contributed by atoms with Gasteiger partial charge in [0.1, 0.15) is 71.9 Å². The Morgan fingerprint density at radius 1 is 0.354 bits per heavy atom. The second kappa shape index (κ2) is 44.5. The van der Waals surface area contributed by atoms with Crippen LogP contribution in [0.4, 0.5) is 79.0 Å². The van der Waals surface area contributed by atoms with Gasteiger partial charge in [0.15, 0.2) is 0 Å². The number of esters is 10. The summed E-state index contributed by atoms with van der Waals surface area (Å²) in [6, 6.07) is 0. The SMILES string of the molecule is C=C(C)C(=O)OC1CC(C(C)(C)OCC(O)(C(F)(F)F)C(F)(F)F)C2CC1OC2=O.C=C(C)C(=O)OC1CC(C(CC)(CC)OCC(O)(C(F)(F)F)C(F)(F)F)C2CC1OC2=O.C=C(C)C(=O)OC1CC(C2(OCC(O)(C(F)(F)F)C(F)(F)F)CCCC2)C2CC1OC2=O.C=C(C)C(=O)OC1CCC2(C(C)(C)OCC(C)(C)O)CC1OC2=O.C=C(C)C(=O)OC1CCC2(C(CC)(CC)OCC(C)(C)O)CC1OC2=O. The number of carbonyl (C=O) groups is 10. The minimum absolute atomic E-state index is 0.0312. The number of fused-ring (bicyclic) bond motifs is 10. The van der Waals surface area contributed by atoms with Crippen LogP contribution in [0.3, 0.4) is 0 Å². The molecule has 822 valence electrons. The van der Waals surface area contributed by atoms with Crippen LogP contribution in [0.2, 0.25) is 0 Å². The Labute approximate surface area is 820 Å². The molecule has 5 saturated heterocycles. The Kier molecular flexibility index (Phi) is 37.9. The first kappa shape index (κ1) is 123. The fourth-order valence-corrected chi connectivity index (χ4v) is 20.5. The number of hydrogen-bond donors (Lipinski definition) is 5. The molecule has 0 spiro atoms. The quantitative estimate of drug-likeness (QED) is 0.0173. The molecule has 0 amide bonds. The van der Waals surface area contributed by atoms with E-state index in [1.165, 1.54) is 48.5 Å². The summed E-state index contributed by atoms with van der Waals surface area (Å²) in [5.74, 6) is -11.1. The van der Waals surface area contributed by atoms with Crippen LogP contribution < -0.4 is 0 Å². The molecule has 30 nitrogen and oxygen atoms in total. The van der Waals surface area contributed by atoms with Crippen LogP contribution >= 0.6 is 0 Å². The molecule has 0 radical (unpaired) electrons. The van der Waals surface area contributed by atoms with E-state index in [9.17, 15) is 153 Å². The summed E-state index contributed by atoms with van der Waals surface area (Å²) in [4.78, 5) is 122. The summed E-state index contributed by atoms with van der Waals surface area (Å²) in [5, 5.41) is 48.3. The molecule has 144 heavy (non-hydrogen) atoms. The van der Waals surface area contributed by atoms with Crippen molar-refractivity contribution in [3.63, 3.8) is 0 Å². The number of alkyl halides is 18. The lowest BCUT2D eigenvalue weighted by atomic mass is 9.61. The van der Waals surface area contributed by atoms with Gasteiger partial charge in [0.25, 0.3) is 16.8 Å². The molecular weight excluding hydrogens is 1970 g/mol. The Morgan fingerprint density at radius 3 is 1.01 bits per heavy atom. The lowest BCUT2D eigenvalue weighted by Gasteiger charge is -2.47. The molecule has 0 aromatic rings. The molecule has 10 bridgehead atoms. The zero-order valence-electron chi connectivity index (χ0n) is 83.2. The highest BCUT2D eigenvalue weighted by atomic mass is 19.4. The molecule has 5 aliphatic heterocycles. The molecule has 0 aromatic carbocycles. The maximum Gasteiger partial charge on any atom is 0.428 e. The monoisotopic (exact) mass is 2110 g/mol. The second-order valence-electron chi connectivity index (χ2n) is 41.6. The van der Waals surface area contributed by atoms with E-state index in [4.69, 9.17) is 71.1 Å². The van der Waals surface area contributed by atoms with E-state index < -0.39 is 268 Å². The molecule has 6 saturated carbocycles. The zero-order chi connectivity index (χ0) is 110.